The lowest BCUT2D eigenvalue weighted by molar-refractivity contribution is 0.100. The number of likely N-dealkylation sites (tertiary alicyclic amines) is 1. The molecule has 0 N–H and O–H groups in total. The van der Waals surface area contributed by atoms with Gasteiger partial charge in [-0.05, 0) is 51.6 Å². The number of hydrogen-bond donors (Lipinski definition) is 0. The minimum atomic E-state index is -0.180. The Morgan fingerprint density at radius 3 is 2.06 bits per heavy atom. The first-order chi connectivity index (χ1) is 7.77. The van der Waals surface area contributed by atoms with Crippen LogP contribution in [0.3, 0.4) is 0 Å². The molecule has 0 spiro atoms. The summed E-state index contributed by atoms with van der Waals surface area (Å²) in [4.78, 5) is 2.48. The molecule has 1 aliphatic heterocycles. The van der Waals surface area contributed by atoms with Crippen LogP contribution in [0.2, 0.25) is 0 Å². The Labute approximate surface area is 99.6 Å². The molecule has 90 valence electrons. The lowest BCUT2D eigenvalue weighted by atomic mass is 9.83. The molecule has 1 heterocycles. The zero-order valence-corrected chi connectivity index (χ0v) is 10.5. The summed E-state index contributed by atoms with van der Waals surface area (Å²) < 4.78 is 0. The average Bonchev–Trinajstić information content (AvgIpc) is 2.71. The second-order valence-electron chi connectivity index (χ2n) is 5.64. The third-order valence-corrected chi connectivity index (χ3v) is 4.64. The minimum Gasteiger partial charge on any atom is -0.286 e. The van der Waals surface area contributed by atoms with E-state index in [1.54, 1.807) is 0 Å². The molecular formula is C14H24N2. The van der Waals surface area contributed by atoms with Crippen molar-refractivity contribution in [3.63, 3.8) is 0 Å². The van der Waals surface area contributed by atoms with Gasteiger partial charge in [0.25, 0.3) is 0 Å². The van der Waals surface area contributed by atoms with Crippen molar-refractivity contribution in [1.82, 2.24) is 4.90 Å². The minimum absolute atomic E-state index is 0.180. The predicted molar refractivity (Wildman–Crippen MR) is 66.0 cm³/mol. The summed E-state index contributed by atoms with van der Waals surface area (Å²) in [5.74, 6) is 0.621. The molecular weight excluding hydrogens is 196 g/mol. The van der Waals surface area contributed by atoms with Gasteiger partial charge in [-0.25, -0.2) is 0 Å². The smallest absolute Gasteiger partial charge is 0.109 e. The molecule has 1 saturated carbocycles. The van der Waals surface area contributed by atoms with E-state index in [2.05, 4.69) is 17.9 Å². The average molecular weight is 220 g/mol. The van der Waals surface area contributed by atoms with Crippen LogP contribution in [0, 0.1) is 17.2 Å². The van der Waals surface area contributed by atoms with E-state index in [4.69, 9.17) is 0 Å². The highest BCUT2D eigenvalue weighted by atomic mass is 15.2. The van der Waals surface area contributed by atoms with E-state index in [1.807, 2.05) is 0 Å². The van der Waals surface area contributed by atoms with Gasteiger partial charge in [0.2, 0.25) is 0 Å². The second-order valence-corrected chi connectivity index (χ2v) is 5.64. The van der Waals surface area contributed by atoms with Gasteiger partial charge < -0.3 is 0 Å². The fourth-order valence-electron chi connectivity index (χ4n) is 3.44. The molecule has 2 aliphatic rings. The normalized spacial score (nSPS) is 28.2. The van der Waals surface area contributed by atoms with Crippen molar-refractivity contribution in [2.24, 2.45) is 5.92 Å². The molecule has 16 heavy (non-hydrogen) atoms. The zero-order chi connectivity index (χ0) is 11.4. The maximum absolute atomic E-state index is 9.60. The van der Waals surface area contributed by atoms with E-state index in [9.17, 15) is 5.26 Å². The third kappa shape index (κ3) is 2.25. The van der Waals surface area contributed by atoms with Gasteiger partial charge in [0, 0.05) is 0 Å². The largest absolute Gasteiger partial charge is 0.286 e. The summed E-state index contributed by atoms with van der Waals surface area (Å²) >= 11 is 0. The van der Waals surface area contributed by atoms with Crippen molar-refractivity contribution >= 4 is 0 Å². The number of hydrogen-bond acceptors (Lipinski definition) is 2. The maximum atomic E-state index is 9.60. The van der Waals surface area contributed by atoms with E-state index < -0.39 is 0 Å². The van der Waals surface area contributed by atoms with Crippen LogP contribution in [0.5, 0.6) is 0 Å². The first kappa shape index (κ1) is 11.9. The highest BCUT2D eigenvalue weighted by Gasteiger charge is 2.41. The Morgan fingerprint density at radius 2 is 1.56 bits per heavy atom. The molecule has 0 aromatic heterocycles. The molecule has 2 nitrogen and oxygen atoms in total. The summed E-state index contributed by atoms with van der Waals surface area (Å²) in [5, 5.41) is 9.60. The summed E-state index contributed by atoms with van der Waals surface area (Å²) in [6.45, 7) is 4.47. The highest BCUT2D eigenvalue weighted by Crippen LogP contribution is 2.38. The van der Waals surface area contributed by atoms with E-state index in [0.29, 0.717) is 5.92 Å². The van der Waals surface area contributed by atoms with Crippen molar-refractivity contribution in [2.75, 3.05) is 13.1 Å². The fraction of sp³-hybridized carbons (Fsp3) is 0.929. The van der Waals surface area contributed by atoms with Crippen LogP contribution in [-0.4, -0.2) is 23.5 Å². The van der Waals surface area contributed by atoms with Crippen LogP contribution >= 0.6 is 0 Å². The van der Waals surface area contributed by atoms with E-state index in [-0.39, 0.29) is 5.54 Å². The summed E-state index contributed by atoms with van der Waals surface area (Å²) in [6.07, 6.45) is 10.5. The van der Waals surface area contributed by atoms with Gasteiger partial charge in [-0.2, -0.15) is 5.26 Å². The molecule has 1 aliphatic carbocycles. The lowest BCUT2D eigenvalue weighted by Crippen LogP contribution is -2.50. The van der Waals surface area contributed by atoms with E-state index >= 15 is 0 Å². The molecule has 2 heteroatoms. The standard InChI is InChI=1S/C14H24N2/c1-14(12-15,13-8-4-5-9-13)16-10-6-2-3-7-11-16/h13H,2-11H2,1H3. The fourth-order valence-corrected chi connectivity index (χ4v) is 3.44. The zero-order valence-electron chi connectivity index (χ0n) is 10.5. The van der Waals surface area contributed by atoms with Crippen LogP contribution in [0.25, 0.3) is 0 Å². The molecule has 0 radical (unpaired) electrons. The molecule has 0 bridgehead atoms. The molecule has 1 saturated heterocycles. The van der Waals surface area contributed by atoms with Crippen LogP contribution in [0.4, 0.5) is 0 Å². The molecule has 1 atom stereocenters. The molecule has 2 fully saturated rings. The molecule has 1 unspecified atom stereocenters. The van der Waals surface area contributed by atoms with Gasteiger partial charge in [0.1, 0.15) is 5.54 Å². The second kappa shape index (κ2) is 5.19. The van der Waals surface area contributed by atoms with Gasteiger partial charge in [0.05, 0.1) is 6.07 Å². The first-order valence-electron chi connectivity index (χ1n) is 6.93. The Morgan fingerprint density at radius 1 is 1.00 bits per heavy atom. The van der Waals surface area contributed by atoms with Crippen LogP contribution in [0.15, 0.2) is 0 Å². The number of nitriles is 1. The molecule has 2 rings (SSSR count). The van der Waals surface area contributed by atoms with Gasteiger partial charge in [0.15, 0.2) is 0 Å². The number of rotatable bonds is 2. The Bertz CT molecular complexity index is 254. The third-order valence-electron chi connectivity index (χ3n) is 4.64. The van der Waals surface area contributed by atoms with Crippen molar-refractivity contribution in [2.45, 2.75) is 63.8 Å². The Balaban J connectivity index is 2.09. The summed E-state index contributed by atoms with van der Waals surface area (Å²) in [5.41, 5.74) is -0.180. The SMILES string of the molecule is CC(C#N)(C1CCCC1)N1CCCCCC1. The maximum Gasteiger partial charge on any atom is 0.109 e. The predicted octanol–water partition coefficient (Wildman–Crippen LogP) is 3.33. The Hall–Kier alpha value is -0.550. The van der Waals surface area contributed by atoms with Gasteiger partial charge in [-0.3, -0.25) is 4.90 Å². The number of nitrogens with zero attached hydrogens (tertiary/aromatic N) is 2. The van der Waals surface area contributed by atoms with Crippen LogP contribution in [-0.2, 0) is 0 Å². The van der Waals surface area contributed by atoms with Crippen molar-refractivity contribution in [1.29, 1.82) is 5.26 Å². The molecule has 0 amide bonds. The quantitative estimate of drug-likeness (QED) is 0.713. The van der Waals surface area contributed by atoms with Crippen molar-refractivity contribution in [3.05, 3.63) is 0 Å². The monoisotopic (exact) mass is 220 g/mol. The highest BCUT2D eigenvalue weighted by molar-refractivity contribution is 5.10. The first-order valence-corrected chi connectivity index (χ1v) is 6.93. The van der Waals surface area contributed by atoms with Gasteiger partial charge >= 0.3 is 0 Å². The van der Waals surface area contributed by atoms with Crippen molar-refractivity contribution < 1.29 is 0 Å². The topological polar surface area (TPSA) is 27.0 Å². The van der Waals surface area contributed by atoms with Crippen molar-refractivity contribution in [3.8, 4) is 6.07 Å². The van der Waals surface area contributed by atoms with Gasteiger partial charge in [-0.15, -0.1) is 0 Å². The van der Waals surface area contributed by atoms with E-state index in [0.717, 1.165) is 13.1 Å². The summed E-state index contributed by atoms with van der Waals surface area (Å²) in [7, 11) is 0. The summed E-state index contributed by atoms with van der Waals surface area (Å²) in [6, 6.07) is 2.64. The lowest BCUT2D eigenvalue weighted by Gasteiger charge is -2.39. The van der Waals surface area contributed by atoms with Crippen LogP contribution < -0.4 is 0 Å². The van der Waals surface area contributed by atoms with Crippen LogP contribution in [0.1, 0.15) is 58.3 Å². The molecule has 0 aromatic carbocycles. The molecule has 0 aromatic rings. The Kier molecular flexibility index (Phi) is 3.86. The van der Waals surface area contributed by atoms with E-state index in [1.165, 1.54) is 51.4 Å². The van der Waals surface area contributed by atoms with Gasteiger partial charge in [-0.1, -0.05) is 25.7 Å².